The average Bonchev–Trinajstić information content (AvgIpc) is 2.54. The third-order valence-corrected chi connectivity index (χ3v) is 3.12. The summed E-state index contributed by atoms with van der Waals surface area (Å²) in [5.41, 5.74) is 2.28. The van der Waals surface area contributed by atoms with Gasteiger partial charge in [-0.2, -0.15) is 0 Å². The summed E-state index contributed by atoms with van der Waals surface area (Å²) in [6.45, 7) is 1.40. The Morgan fingerprint density at radius 2 is 1.77 bits per heavy atom. The summed E-state index contributed by atoms with van der Waals surface area (Å²) in [6, 6.07) is 16.4. The monoisotopic (exact) mass is 295 g/mol. The van der Waals surface area contributed by atoms with Crippen LogP contribution >= 0.6 is 0 Å². The smallest absolute Gasteiger partial charge is 0.243 e. The molecule has 0 saturated carbocycles. The Morgan fingerprint density at radius 1 is 1.14 bits per heavy atom. The lowest BCUT2D eigenvalue weighted by Crippen LogP contribution is -2.23. The molecule has 2 N–H and O–H groups in total. The molecule has 2 rings (SSSR count). The van der Waals surface area contributed by atoms with Crippen LogP contribution < -0.4 is 0 Å². The number of aliphatic hydroxyl groups is 1. The van der Waals surface area contributed by atoms with Crippen molar-refractivity contribution in [3.63, 3.8) is 0 Å². The third kappa shape index (κ3) is 4.45. The standard InChI is InChI=1S/C18H17NO3/c1-14(20)19(22)13-16-7-10-17(11-8-16)18(21)12-9-15-5-3-2-4-6-15/h2-8,10-11,18,21-22H,13H2,1H3. The zero-order valence-corrected chi connectivity index (χ0v) is 12.2. The second kappa shape index (κ2) is 7.41. The SMILES string of the molecule is CC(=O)N(O)Cc1ccc(C(O)C#Cc2ccccc2)cc1. The summed E-state index contributed by atoms with van der Waals surface area (Å²) in [4.78, 5) is 11.0. The fraction of sp³-hybridized carbons (Fsp3) is 0.167. The summed E-state index contributed by atoms with van der Waals surface area (Å²) >= 11 is 0. The Morgan fingerprint density at radius 3 is 2.36 bits per heavy atom. The largest absolute Gasteiger partial charge is 0.376 e. The van der Waals surface area contributed by atoms with Crippen molar-refractivity contribution in [2.45, 2.75) is 19.6 Å². The van der Waals surface area contributed by atoms with E-state index in [2.05, 4.69) is 11.8 Å². The number of hydrogen-bond donors (Lipinski definition) is 2. The van der Waals surface area contributed by atoms with E-state index in [4.69, 9.17) is 0 Å². The van der Waals surface area contributed by atoms with E-state index in [0.29, 0.717) is 10.6 Å². The molecule has 0 spiro atoms. The quantitative estimate of drug-likeness (QED) is 0.519. The molecule has 0 aliphatic carbocycles. The zero-order chi connectivity index (χ0) is 15.9. The minimum atomic E-state index is -0.882. The molecule has 2 aromatic carbocycles. The molecule has 22 heavy (non-hydrogen) atoms. The Hall–Kier alpha value is -2.61. The fourth-order valence-corrected chi connectivity index (χ4v) is 1.85. The first-order chi connectivity index (χ1) is 10.6. The van der Waals surface area contributed by atoms with Crippen LogP contribution in [0.1, 0.15) is 29.7 Å². The van der Waals surface area contributed by atoms with Gasteiger partial charge in [0.15, 0.2) is 0 Å². The first kappa shape index (κ1) is 15.8. The molecule has 4 heteroatoms. The maximum atomic E-state index is 11.0. The number of nitrogens with zero attached hydrogens (tertiary/aromatic N) is 1. The van der Waals surface area contributed by atoms with Crippen LogP contribution in [0.25, 0.3) is 0 Å². The topological polar surface area (TPSA) is 60.8 Å². The van der Waals surface area contributed by atoms with Crippen LogP contribution in [-0.2, 0) is 11.3 Å². The van der Waals surface area contributed by atoms with Crippen molar-refractivity contribution in [2.75, 3.05) is 0 Å². The molecule has 0 aliphatic heterocycles. The number of rotatable bonds is 3. The molecular formula is C18H17NO3. The molecule has 0 bridgehead atoms. The van der Waals surface area contributed by atoms with Crippen molar-refractivity contribution in [1.29, 1.82) is 0 Å². The van der Waals surface area contributed by atoms with Crippen LogP contribution in [0.5, 0.6) is 0 Å². The molecule has 4 nitrogen and oxygen atoms in total. The van der Waals surface area contributed by atoms with Gasteiger partial charge in [0, 0.05) is 12.5 Å². The minimum Gasteiger partial charge on any atom is -0.376 e. The summed E-state index contributed by atoms with van der Waals surface area (Å²) in [7, 11) is 0. The van der Waals surface area contributed by atoms with Crippen molar-refractivity contribution in [2.24, 2.45) is 0 Å². The van der Waals surface area contributed by atoms with E-state index in [1.807, 2.05) is 30.3 Å². The van der Waals surface area contributed by atoms with E-state index < -0.39 is 12.0 Å². The number of hydroxylamine groups is 2. The Bertz CT molecular complexity index is 684. The van der Waals surface area contributed by atoms with Gasteiger partial charge < -0.3 is 5.11 Å². The number of aliphatic hydroxyl groups excluding tert-OH is 1. The number of carbonyl (C=O) groups is 1. The molecule has 0 heterocycles. The molecule has 0 fully saturated rings. The normalized spacial score (nSPS) is 11.2. The van der Waals surface area contributed by atoms with E-state index in [-0.39, 0.29) is 6.54 Å². The first-order valence-corrected chi connectivity index (χ1v) is 6.87. The maximum absolute atomic E-state index is 11.0. The molecule has 2 aromatic rings. The van der Waals surface area contributed by atoms with Gasteiger partial charge in [0.2, 0.25) is 5.91 Å². The van der Waals surface area contributed by atoms with Crippen LogP contribution in [0.4, 0.5) is 0 Å². The fourth-order valence-electron chi connectivity index (χ4n) is 1.85. The first-order valence-electron chi connectivity index (χ1n) is 6.87. The average molecular weight is 295 g/mol. The van der Waals surface area contributed by atoms with Gasteiger partial charge in [0.1, 0.15) is 6.10 Å². The van der Waals surface area contributed by atoms with Gasteiger partial charge in [-0.05, 0) is 23.3 Å². The highest BCUT2D eigenvalue weighted by Gasteiger charge is 2.07. The Labute approximate surface area is 129 Å². The summed E-state index contributed by atoms with van der Waals surface area (Å²) in [5, 5.41) is 20.1. The molecule has 0 saturated heterocycles. The van der Waals surface area contributed by atoms with E-state index in [1.54, 1.807) is 24.3 Å². The number of hydrogen-bond acceptors (Lipinski definition) is 3. The van der Waals surface area contributed by atoms with Gasteiger partial charge >= 0.3 is 0 Å². The zero-order valence-electron chi connectivity index (χ0n) is 12.2. The van der Waals surface area contributed by atoms with Crippen LogP contribution in [-0.4, -0.2) is 21.3 Å². The van der Waals surface area contributed by atoms with Crippen molar-refractivity contribution in [3.05, 3.63) is 71.3 Å². The number of benzene rings is 2. The predicted molar refractivity (Wildman–Crippen MR) is 82.7 cm³/mol. The van der Waals surface area contributed by atoms with Crippen LogP contribution in [0.3, 0.4) is 0 Å². The van der Waals surface area contributed by atoms with Gasteiger partial charge in [0.25, 0.3) is 0 Å². The van der Waals surface area contributed by atoms with Crippen LogP contribution in [0.15, 0.2) is 54.6 Å². The van der Waals surface area contributed by atoms with E-state index in [1.165, 1.54) is 6.92 Å². The molecule has 1 amide bonds. The summed E-state index contributed by atoms with van der Waals surface area (Å²) < 4.78 is 0. The lowest BCUT2D eigenvalue weighted by atomic mass is 10.1. The second-order valence-electron chi connectivity index (χ2n) is 4.86. The van der Waals surface area contributed by atoms with Gasteiger partial charge in [-0.3, -0.25) is 10.0 Å². The van der Waals surface area contributed by atoms with Gasteiger partial charge in [-0.25, -0.2) is 5.06 Å². The molecule has 0 radical (unpaired) electrons. The van der Waals surface area contributed by atoms with Crippen molar-refractivity contribution in [1.82, 2.24) is 5.06 Å². The highest BCUT2D eigenvalue weighted by molar-refractivity contribution is 5.71. The maximum Gasteiger partial charge on any atom is 0.243 e. The Kier molecular flexibility index (Phi) is 5.31. The lowest BCUT2D eigenvalue weighted by molar-refractivity contribution is -0.165. The summed E-state index contributed by atoms with van der Waals surface area (Å²) in [6.07, 6.45) is -0.882. The highest BCUT2D eigenvalue weighted by atomic mass is 16.5. The third-order valence-electron chi connectivity index (χ3n) is 3.12. The molecule has 0 aromatic heterocycles. The molecule has 112 valence electrons. The molecule has 0 aliphatic rings. The molecule has 1 atom stereocenters. The second-order valence-corrected chi connectivity index (χ2v) is 4.86. The minimum absolute atomic E-state index is 0.113. The van der Waals surface area contributed by atoms with Crippen LogP contribution in [0.2, 0.25) is 0 Å². The van der Waals surface area contributed by atoms with E-state index in [9.17, 15) is 15.1 Å². The van der Waals surface area contributed by atoms with Crippen molar-refractivity contribution < 1.29 is 15.1 Å². The van der Waals surface area contributed by atoms with Crippen LogP contribution in [0, 0.1) is 11.8 Å². The molecule has 1 unspecified atom stereocenters. The lowest BCUT2D eigenvalue weighted by Gasteiger charge is -2.13. The Balaban J connectivity index is 2.04. The number of amides is 1. The van der Waals surface area contributed by atoms with E-state index in [0.717, 1.165) is 11.1 Å². The summed E-state index contributed by atoms with van der Waals surface area (Å²) in [5.74, 6) is 5.28. The van der Waals surface area contributed by atoms with Crippen molar-refractivity contribution in [3.8, 4) is 11.8 Å². The molecular weight excluding hydrogens is 278 g/mol. The predicted octanol–water partition coefficient (Wildman–Crippen LogP) is 2.51. The highest BCUT2D eigenvalue weighted by Crippen LogP contribution is 2.14. The number of carbonyl (C=O) groups excluding carboxylic acids is 1. The van der Waals surface area contributed by atoms with Gasteiger partial charge in [-0.1, -0.05) is 54.3 Å². The van der Waals surface area contributed by atoms with Gasteiger partial charge in [0.05, 0.1) is 6.54 Å². The van der Waals surface area contributed by atoms with Crippen molar-refractivity contribution >= 4 is 5.91 Å². The van der Waals surface area contributed by atoms with Gasteiger partial charge in [-0.15, -0.1) is 0 Å². The van der Waals surface area contributed by atoms with E-state index >= 15 is 0 Å².